The van der Waals surface area contributed by atoms with Gasteiger partial charge >= 0.3 is 0 Å². The molecule has 2 N–H and O–H groups in total. The van der Waals surface area contributed by atoms with E-state index in [0.717, 1.165) is 5.75 Å². The molecule has 21 heavy (non-hydrogen) atoms. The SMILES string of the molecule is NC(Cc1nc(COc2ccccc2)no1)C1CCCC1. The zero-order chi connectivity index (χ0) is 14.5. The maximum absolute atomic E-state index is 6.23. The third kappa shape index (κ3) is 3.82. The Morgan fingerprint density at radius 2 is 2.00 bits per heavy atom. The van der Waals surface area contributed by atoms with Gasteiger partial charge in [0.1, 0.15) is 5.75 Å². The minimum atomic E-state index is 0.121. The number of ether oxygens (including phenoxy) is 1. The van der Waals surface area contributed by atoms with Gasteiger partial charge in [0.15, 0.2) is 6.61 Å². The Hall–Kier alpha value is -1.88. The predicted molar refractivity (Wildman–Crippen MR) is 78.7 cm³/mol. The summed E-state index contributed by atoms with van der Waals surface area (Å²) < 4.78 is 10.9. The van der Waals surface area contributed by atoms with Gasteiger partial charge < -0.3 is 15.0 Å². The number of nitrogens with two attached hydrogens (primary N) is 1. The minimum Gasteiger partial charge on any atom is -0.485 e. The molecule has 2 aromatic rings. The highest BCUT2D eigenvalue weighted by molar-refractivity contribution is 5.20. The summed E-state index contributed by atoms with van der Waals surface area (Å²) in [5.41, 5.74) is 6.23. The molecule has 1 heterocycles. The number of benzene rings is 1. The van der Waals surface area contributed by atoms with Crippen molar-refractivity contribution in [2.45, 2.75) is 44.8 Å². The first-order valence-corrected chi connectivity index (χ1v) is 7.56. The highest BCUT2D eigenvalue weighted by Gasteiger charge is 2.24. The van der Waals surface area contributed by atoms with E-state index in [4.69, 9.17) is 15.0 Å². The highest BCUT2D eigenvalue weighted by atomic mass is 16.5. The second-order valence-corrected chi connectivity index (χ2v) is 5.62. The molecule has 0 saturated heterocycles. The van der Waals surface area contributed by atoms with Crippen LogP contribution < -0.4 is 10.5 Å². The summed E-state index contributed by atoms with van der Waals surface area (Å²) >= 11 is 0. The summed E-state index contributed by atoms with van der Waals surface area (Å²) in [7, 11) is 0. The van der Waals surface area contributed by atoms with Crippen LogP contribution in [0.15, 0.2) is 34.9 Å². The van der Waals surface area contributed by atoms with Gasteiger partial charge in [0.2, 0.25) is 11.7 Å². The van der Waals surface area contributed by atoms with E-state index in [1.807, 2.05) is 30.3 Å². The molecule has 1 saturated carbocycles. The van der Waals surface area contributed by atoms with Gasteiger partial charge in [-0.2, -0.15) is 4.98 Å². The van der Waals surface area contributed by atoms with Crippen molar-refractivity contribution < 1.29 is 9.26 Å². The van der Waals surface area contributed by atoms with E-state index in [1.165, 1.54) is 25.7 Å². The third-order valence-corrected chi connectivity index (χ3v) is 4.04. The standard InChI is InChI=1S/C16H21N3O2/c17-14(12-6-4-5-7-12)10-16-18-15(19-21-16)11-20-13-8-2-1-3-9-13/h1-3,8-9,12,14H,4-7,10-11,17H2. The molecule has 1 unspecified atom stereocenters. The van der Waals surface area contributed by atoms with E-state index >= 15 is 0 Å². The zero-order valence-electron chi connectivity index (χ0n) is 12.1. The van der Waals surface area contributed by atoms with Crippen LogP contribution in [0.5, 0.6) is 5.75 Å². The first kappa shape index (κ1) is 14.1. The van der Waals surface area contributed by atoms with E-state index in [9.17, 15) is 0 Å². The average molecular weight is 287 g/mol. The van der Waals surface area contributed by atoms with Crippen molar-refractivity contribution in [2.24, 2.45) is 11.7 Å². The fraction of sp³-hybridized carbons (Fsp3) is 0.500. The third-order valence-electron chi connectivity index (χ3n) is 4.04. The number of rotatable bonds is 6. The van der Waals surface area contributed by atoms with Crippen molar-refractivity contribution in [3.05, 3.63) is 42.0 Å². The van der Waals surface area contributed by atoms with E-state index < -0.39 is 0 Å². The van der Waals surface area contributed by atoms with Crippen LogP contribution in [0.25, 0.3) is 0 Å². The molecule has 112 valence electrons. The van der Waals surface area contributed by atoms with Crippen molar-refractivity contribution in [3.8, 4) is 5.75 Å². The minimum absolute atomic E-state index is 0.121. The quantitative estimate of drug-likeness (QED) is 0.884. The monoisotopic (exact) mass is 287 g/mol. The van der Waals surface area contributed by atoms with Crippen LogP contribution in [0.2, 0.25) is 0 Å². The van der Waals surface area contributed by atoms with Crippen LogP contribution in [-0.2, 0) is 13.0 Å². The summed E-state index contributed by atoms with van der Waals surface area (Å²) in [4.78, 5) is 4.35. The molecule has 1 aromatic heterocycles. The molecular formula is C16H21N3O2. The molecule has 0 spiro atoms. The lowest BCUT2D eigenvalue weighted by Crippen LogP contribution is -2.30. The Labute approximate surface area is 124 Å². The van der Waals surface area contributed by atoms with Crippen LogP contribution >= 0.6 is 0 Å². The molecule has 5 heteroatoms. The molecule has 1 fully saturated rings. The van der Waals surface area contributed by atoms with Gasteiger partial charge in [-0.3, -0.25) is 0 Å². The van der Waals surface area contributed by atoms with Crippen LogP contribution in [0.4, 0.5) is 0 Å². The van der Waals surface area contributed by atoms with Gasteiger partial charge in [-0.05, 0) is 30.9 Å². The van der Waals surface area contributed by atoms with E-state index in [-0.39, 0.29) is 6.04 Å². The smallest absolute Gasteiger partial charge is 0.228 e. The average Bonchev–Trinajstić information content (AvgIpc) is 3.18. The maximum atomic E-state index is 6.23. The van der Waals surface area contributed by atoms with Gasteiger partial charge in [0.25, 0.3) is 0 Å². The van der Waals surface area contributed by atoms with Gasteiger partial charge in [0.05, 0.1) is 0 Å². The summed E-state index contributed by atoms with van der Waals surface area (Å²) in [6.07, 6.45) is 5.68. The molecule has 0 bridgehead atoms. The number of hydrogen-bond acceptors (Lipinski definition) is 5. The van der Waals surface area contributed by atoms with Gasteiger partial charge in [-0.25, -0.2) is 0 Å². The first-order chi connectivity index (χ1) is 10.3. The van der Waals surface area contributed by atoms with E-state index in [0.29, 0.717) is 30.7 Å². The van der Waals surface area contributed by atoms with Crippen LogP contribution in [0, 0.1) is 5.92 Å². The Morgan fingerprint density at radius 1 is 1.24 bits per heavy atom. The van der Waals surface area contributed by atoms with Crippen molar-refractivity contribution in [2.75, 3.05) is 0 Å². The summed E-state index contributed by atoms with van der Waals surface area (Å²) in [6, 6.07) is 9.73. The largest absolute Gasteiger partial charge is 0.485 e. The van der Waals surface area contributed by atoms with Gasteiger partial charge in [0, 0.05) is 12.5 Å². The van der Waals surface area contributed by atoms with Crippen LogP contribution in [-0.4, -0.2) is 16.2 Å². The van der Waals surface area contributed by atoms with Crippen LogP contribution in [0.1, 0.15) is 37.4 Å². The Balaban J connectivity index is 1.51. The Morgan fingerprint density at radius 3 is 2.76 bits per heavy atom. The highest BCUT2D eigenvalue weighted by Crippen LogP contribution is 2.28. The van der Waals surface area contributed by atoms with Crippen LogP contribution in [0.3, 0.4) is 0 Å². The number of para-hydroxylation sites is 1. The number of aromatic nitrogens is 2. The fourth-order valence-corrected chi connectivity index (χ4v) is 2.85. The van der Waals surface area contributed by atoms with Crippen molar-refractivity contribution in [1.82, 2.24) is 10.1 Å². The molecule has 0 aliphatic heterocycles. The first-order valence-electron chi connectivity index (χ1n) is 7.56. The normalized spacial score (nSPS) is 17.0. The Kier molecular flexibility index (Phi) is 4.50. The molecule has 3 rings (SSSR count). The lowest BCUT2D eigenvalue weighted by atomic mass is 9.96. The topological polar surface area (TPSA) is 74.2 Å². The molecule has 0 amide bonds. The molecule has 0 radical (unpaired) electrons. The predicted octanol–water partition coefficient (Wildman–Crippen LogP) is 2.71. The van der Waals surface area contributed by atoms with Gasteiger partial charge in [-0.1, -0.05) is 36.2 Å². The molecule has 1 atom stereocenters. The summed E-state index contributed by atoms with van der Waals surface area (Å²) in [6.45, 7) is 0.312. The second-order valence-electron chi connectivity index (χ2n) is 5.62. The van der Waals surface area contributed by atoms with E-state index in [2.05, 4.69) is 10.1 Å². The zero-order valence-corrected chi connectivity index (χ0v) is 12.1. The fourth-order valence-electron chi connectivity index (χ4n) is 2.85. The summed E-state index contributed by atoms with van der Waals surface area (Å²) in [5.74, 6) is 2.57. The molecule has 1 aliphatic rings. The van der Waals surface area contributed by atoms with Gasteiger partial charge in [-0.15, -0.1) is 0 Å². The lowest BCUT2D eigenvalue weighted by Gasteiger charge is -2.16. The lowest BCUT2D eigenvalue weighted by molar-refractivity contribution is 0.283. The Bertz CT molecular complexity index is 550. The maximum Gasteiger partial charge on any atom is 0.228 e. The molecular weight excluding hydrogens is 266 g/mol. The summed E-state index contributed by atoms with van der Waals surface area (Å²) in [5, 5.41) is 3.94. The number of hydrogen-bond donors (Lipinski definition) is 1. The molecule has 5 nitrogen and oxygen atoms in total. The number of nitrogens with zero attached hydrogens (tertiary/aromatic N) is 2. The second kappa shape index (κ2) is 6.72. The van der Waals surface area contributed by atoms with Crippen molar-refractivity contribution in [1.29, 1.82) is 0 Å². The molecule has 1 aromatic carbocycles. The molecule has 1 aliphatic carbocycles. The van der Waals surface area contributed by atoms with Crippen molar-refractivity contribution in [3.63, 3.8) is 0 Å². The van der Waals surface area contributed by atoms with E-state index in [1.54, 1.807) is 0 Å². The van der Waals surface area contributed by atoms with Crippen molar-refractivity contribution >= 4 is 0 Å².